The molecule has 140 valence electrons. The third-order valence-electron chi connectivity index (χ3n) is 6.67. The molecule has 0 N–H and O–H groups in total. The fourth-order valence-electron chi connectivity index (χ4n) is 5.45. The summed E-state index contributed by atoms with van der Waals surface area (Å²) >= 11 is 1.31. The number of allylic oxidation sites excluding steroid dienone is 2. The fraction of sp³-hybridized carbons (Fsp3) is 0.318. The zero-order valence-electron chi connectivity index (χ0n) is 14.9. The summed E-state index contributed by atoms with van der Waals surface area (Å²) in [7, 11) is 0. The topological polar surface area (TPSA) is 63.7 Å². The molecule has 1 aliphatic heterocycles. The van der Waals surface area contributed by atoms with Crippen LogP contribution < -0.4 is 9.64 Å². The molecule has 3 fully saturated rings. The molecular weight excluding hydrogens is 374 g/mol. The zero-order valence-corrected chi connectivity index (χ0v) is 15.7. The van der Waals surface area contributed by atoms with Gasteiger partial charge in [-0.25, -0.2) is 9.69 Å². The lowest BCUT2D eigenvalue weighted by molar-refractivity contribution is -0.124. The number of nitrogens with zero attached hydrogens (tertiary/aromatic N) is 1. The lowest BCUT2D eigenvalue weighted by Crippen LogP contribution is -2.40. The minimum absolute atomic E-state index is 0.110. The summed E-state index contributed by atoms with van der Waals surface area (Å²) in [6, 6.07) is 10.2. The molecule has 2 saturated carbocycles. The molecule has 2 heterocycles. The SMILES string of the molecule is O=C(Oc1cccc(N2C(=O)[C@@H]3[C@H]4C=C[C@@H]([C@@H]5C[C@@H]45)[C@@H]3C2=O)c1)c1cccs1. The number of amides is 2. The van der Waals surface area contributed by atoms with Gasteiger partial charge in [-0.15, -0.1) is 11.3 Å². The van der Waals surface area contributed by atoms with Crippen molar-refractivity contribution >= 4 is 34.8 Å². The van der Waals surface area contributed by atoms with Crippen LogP contribution in [0.4, 0.5) is 5.69 Å². The van der Waals surface area contributed by atoms with Crippen molar-refractivity contribution in [1.29, 1.82) is 0 Å². The van der Waals surface area contributed by atoms with Crippen LogP contribution in [0.2, 0.25) is 0 Å². The van der Waals surface area contributed by atoms with Crippen molar-refractivity contribution in [2.45, 2.75) is 6.42 Å². The van der Waals surface area contributed by atoms with E-state index >= 15 is 0 Å². The maximum atomic E-state index is 13.2. The molecule has 6 heteroatoms. The van der Waals surface area contributed by atoms with E-state index in [4.69, 9.17) is 4.74 Å². The standard InChI is InChI=1S/C22H17NO4S/c24-20-18-13-6-7-14(16-10-15(13)16)19(18)21(25)23(20)11-3-1-4-12(9-11)27-22(26)17-5-2-8-28-17/h1-9,13-16,18-19H,10H2/t13-,14-,15-,16-,18-,19+/m0/s1. The first-order valence-electron chi connectivity index (χ1n) is 9.55. The maximum absolute atomic E-state index is 13.2. The summed E-state index contributed by atoms with van der Waals surface area (Å²) in [4.78, 5) is 40.4. The van der Waals surface area contributed by atoms with Gasteiger partial charge in [0.05, 0.1) is 17.5 Å². The third-order valence-corrected chi connectivity index (χ3v) is 7.52. The average molecular weight is 391 g/mol. The number of hydrogen-bond donors (Lipinski definition) is 0. The van der Waals surface area contributed by atoms with Crippen molar-refractivity contribution in [1.82, 2.24) is 0 Å². The number of thiophene rings is 1. The molecule has 0 unspecified atom stereocenters. The minimum Gasteiger partial charge on any atom is -0.422 e. The molecule has 4 aliphatic carbocycles. The first kappa shape index (κ1) is 16.2. The molecule has 2 amide bonds. The first-order valence-corrected chi connectivity index (χ1v) is 10.4. The summed E-state index contributed by atoms with van der Waals surface area (Å²) < 4.78 is 5.44. The van der Waals surface area contributed by atoms with E-state index in [-0.39, 0.29) is 35.5 Å². The third kappa shape index (κ3) is 2.15. The highest BCUT2D eigenvalue weighted by Gasteiger charge is 2.67. The molecule has 5 nitrogen and oxygen atoms in total. The Morgan fingerprint density at radius 3 is 2.36 bits per heavy atom. The van der Waals surface area contributed by atoms with Crippen LogP contribution in [0, 0.1) is 35.5 Å². The van der Waals surface area contributed by atoms with Crippen molar-refractivity contribution < 1.29 is 19.1 Å². The molecule has 7 rings (SSSR count). The van der Waals surface area contributed by atoms with Gasteiger partial charge in [0.2, 0.25) is 11.8 Å². The number of esters is 1. The van der Waals surface area contributed by atoms with E-state index in [2.05, 4.69) is 12.2 Å². The Hall–Kier alpha value is -2.73. The number of hydrogen-bond acceptors (Lipinski definition) is 5. The van der Waals surface area contributed by atoms with Gasteiger partial charge >= 0.3 is 5.97 Å². The highest BCUT2D eigenvalue weighted by Crippen LogP contribution is 2.65. The molecule has 2 aromatic rings. The van der Waals surface area contributed by atoms with E-state index in [9.17, 15) is 14.4 Å². The molecule has 28 heavy (non-hydrogen) atoms. The monoisotopic (exact) mass is 391 g/mol. The molecular formula is C22H17NO4S. The largest absolute Gasteiger partial charge is 0.422 e. The van der Waals surface area contributed by atoms with Crippen LogP contribution in [0.25, 0.3) is 0 Å². The predicted octanol–water partition coefficient (Wildman–Crippen LogP) is 3.52. The van der Waals surface area contributed by atoms with Crippen molar-refractivity contribution in [2.75, 3.05) is 4.90 Å². The molecule has 1 saturated heterocycles. The smallest absolute Gasteiger partial charge is 0.353 e. The Morgan fingerprint density at radius 2 is 1.71 bits per heavy atom. The van der Waals surface area contributed by atoms with E-state index < -0.39 is 5.97 Å². The summed E-state index contributed by atoms with van der Waals surface area (Å²) in [5.74, 6) is 0.743. The van der Waals surface area contributed by atoms with Gasteiger partial charge < -0.3 is 4.74 Å². The quantitative estimate of drug-likeness (QED) is 0.348. The van der Waals surface area contributed by atoms with Gasteiger partial charge in [-0.1, -0.05) is 24.3 Å². The number of anilines is 1. The Morgan fingerprint density at radius 1 is 1.00 bits per heavy atom. The Kier molecular flexibility index (Phi) is 3.27. The summed E-state index contributed by atoms with van der Waals surface area (Å²) in [6.45, 7) is 0. The zero-order chi connectivity index (χ0) is 19.0. The van der Waals surface area contributed by atoms with Gasteiger partial charge in [-0.05, 0) is 53.7 Å². The average Bonchev–Trinajstić information content (AvgIpc) is 3.26. The number of carbonyl (C=O) groups excluding carboxylic acids is 3. The van der Waals surface area contributed by atoms with Gasteiger partial charge in [0.1, 0.15) is 10.6 Å². The number of benzene rings is 1. The van der Waals surface area contributed by atoms with Crippen LogP contribution in [0.1, 0.15) is 16.1 Å². The molecule has 1 aromatic carbocycles. The van der Waals surface area contributed by atoms with Gasteiger partial charge in [0, 0.05) is 6.07 Å². The number of ether oxygens (including phenoxy) is 1. The second-order valence-corrected chi connectivity index (χ2v) is 8.98. The van der Waals surface area contributed by atoms with Crippen LogP contribution in [0.5, 0.6) is 5.75 Å². The highest BCUT2D eigenvalue weighted by molar-refractivity contribution is 7.12. The van der Waals surface area contributed by atoms with Crippen LogP contribution in [-0.4, -0.2) is 17.8 Å². The molecule has 2 bridgehead atoms. The summed E-state index contributed by atoms with van der Waals surface area (Å²) in [6.07, 6.45) is 5.46. The van der Waals surface area contributed by atoms with Gasteiger partial charge in [0.15, 0.2) is 0 Å². The highest BCUT2D eigenvalue weighted by atomic mass is 32.1. The van der Waals surface area contributed by atoms with Gasteiger partial charge in [0.25, 0.3) is 0 Å². The molecule has 6 atom stereocenters. The number of carbonyl (C=O) groups is 3. The summed E-state index contributed by atoms with van der Waals surface area (Å²) in [5.41, 5.74) is 0.481. The minimum atomic E-state index is -0.442. The lowest BCUT2D eigenvalue weighted by atomic mass is 9.63. The van der Waals surface area contributed by atoms with E-state index in [1.165, 1.54) is 16.2 Å². The van der Waals surface area contributed by atoms with E-state index in [0.717, 1.165) is 6.42 Å². The van der Waals surface area contributed by atoms with Crippen molar-refractivity contribution in [3.8, 4) is 5.75 Å². The second-order valence-electron chi connectivity index (χ2n) is 8.03. The Balaban J connectivity index is 1.30. The summed E-state index contributed by atoms with van der Waals surface area (Å²) in [5, 5.41) is 1.81. The Labute approximate surface area is 165 Å². The number of imide groups is 1. The van der Waals surface area contributed by atoms with Crippen molar-refractivity contribution in [3.63, 3.8) is 0 Å². The Bertz CT molecular complexity index is 1010. The van der Waals surface area contributed by atoms with Gasteiger partial charge in [-0.3, -0.25) is 9.59 Å². The van der Waals surface area contributed by atoms with Crippen LogP contribution in [0.3, 0.4) is 0 Å². The van der Waals surface area contributed by atoms with Crippen LogP contribution >= 0.6 is 11.3 Å². The molecule has 5 aliphatic rings. The fourth-order valence-corrected chi connectivity index (χ4v) is 6.05. The van der Waals surface area contributed by atoms with Gasteiger partial charge in [-0.2, -0.15) is 0 Å². The first-order chi connectivity index (χ1) is 13.6. The normalized spacial score (nSPS) is 34.4. The van der Waals surface area contributed by atoms with E-state index in [0.29, 0.717) is 28.1 Å². The second kappa shape index (κ2) is 5.64. The van der Waals surface area contributed by atoms with Crippen LogP contribution in [-0.2, 0) is 9.59 Å². The van der Waals surface area contributed by atoms with Crippen molar-refractivity contribution in [3.05, 3.63) is 58.8 Å². The maximum Gasteiger partial charge on any atom is 0.353 e. The lowest BCUT2D eigenvalue weighted by Gasteiger charge is -2.37. The number of rotatable bonds is 3. The molecule has 0 spiro atoms. The van der Waals surface area contributed by atoms with E-state index in [1.54, 1.807) is 36.4 Å². The molecule has 0 radical (unpaired) electrons. The van der Waals surface area contributed by atoms with Crippen molar-refractivity contribution in [2.24, 2.45) is 35.5 Å². The van der Waals surface area contributed by atoms with Crippen LogP contribution in [0.15, 0.2) is 53.9 Å². The van der Waals surface area contributed by atoms with E-state index in [1.807, 2.05) is 5.38 Å². The molecule has 1 aromatic heterocycles. The predicted molar refractivity (Wildman–Crippen MR) is 103 cm³/mol.